The molecule has 1 fully saturated rings. The number of likely N-dealkylation sites (tertiary alicyclic amines) is 1. The monoisotopic (exact) mass is 297 g/mol. The fourth-order valence-electron chi connectivity index (χ4n) is 2.94. The number of piperidine rings is 1. The lowest BCUT2D eigenvalue weighted by Gasteiger charge is -2.31. The zero-order valence-electron chi connectivity index (χ0n) is 13.0. The van der Waals surface area contributed by atoms with Crippen molar-refractivity contribution in [2.45, 2.75) is 26.3 Å². The van der Waals surface area contributed by atoms with Crippen molar-refractivity contribution >= 4 is 5.96 Å². The van der Waals surface area contributed by atoms with Crippen LogP contribution in [-0.2, 0) is 6.54 Å². The molecule has 0 saturated carbocycles. The van der Waals surface area contributed by atoms with E-state index < -0.39 is 0 Å². The van der Waals surface area contributed by atoms with Gasteiger partial charge in [-0.1, -0.05) is 25.1 Å². The molecule has 0 aliphatic carbocycles. The van der Waals surface area contributed by atoms with Crippen molar-refractivity contribution in [3.05, 3.63) is 48.3 Å². The molecule has 2 aromatic rings. The minimum atomic E-state index is 0.576. The third-order valence-corrected chi connectivity index (χ3v) is 4.14. The summed E-state index contributed by atoms with van der Waals surface area (Å²) in [4.78, 5) is 6.80. The first kappa shape index (κ1) is 14.6. The predicted octanol–water partition coefficient (Wildman–Crippen LogP) is 2.42. The number of rotatable bonds is 3. The van der Waals surface area contributed by atoms with E-state index in [1.807, 2.05) is 29.1 Å². The summed E-state index contributed by atoms with van der Waals surface area (Å²) >= 11 is 0. The molecule has 2 heterocycles. The maximum atomic E-state index is 6.18. The number of para-hydroxylation sites is 1. The van der Waals surface area contributed by atoms with Crippen LogP contribution in [0.25, 0.3) is 5.69 Å². The zero-order valence-corrected chi connectivity index (χ0v) is 13.0. The van der Waals surface area contributed by atoms with Gasteiger partial charge in [-0.15, -0.1) is 0 Å². The van der Waals surface area contributed by atoms with Crippen molar-refractivity contribution in [2.24, 2.45) is 16.6 Å². The number of aliphatic imine (C=N–C) groups is 1. The molecular formula is C17H23N5. The Morgan fingerprint density at radius 3 is 3.00 bits per heavy atom. The van der Waals surface area contributed by atoms with E-state index in [-0.39, 0.29) is 0 Å². The summed E-state index contributed by atoms with van der Waals surface area (Å²) in [5, 5.41) is 4.30. The van der Waals surface area contributed by atoms with Crippen molar-refractivity contribution in [1.82, 2.24) is 14.7 Å². The standard InChI is InChI=1S/C17H23N5/c1-14-6-4-10-21(13-14)17(18)19-12-15-7-2-3-8-16(15)22-11-5-9-20-22/h2-3,5,7-9,11,14H,4,6,10,12-13H2,1H3,(H2,18,19). The van der Waals surface area contributed by atoms with Crippen molar-refractivity contribution in [2.75, 3.05) is 13.1 Å². The molecule has 116 valence electrons. The molecule has 0 amide bonds. The van der Waals surface area contributed by atoms with Crippen LogP contribution in [0.5, 0.6) is 0 Å². The molecule has 0 bridgehead atoms. The molecular weight excluding hydrogens is 274 g/mol. The van der Waals surface area contributed by atoms with Crippen LogP contribution >= 0.6 is 0 Å². The first-order valence-corrected chi connectivity index (χ1v) is 7.87. The van der Waals surface area contributed by atoms with E-state index in [1.165, 1.54) is 12.8 Å². The molecule has 0 radical (unpaired) electrons. The predicted molar refractivity (Wildman–Crippen MR) is 88.9 cm³/mol. The Labute approximate surface area is 131 Å². The molecule has 1 aromatic carbocycles. The van der Waals surface area contributed by atoms with Crippen molar-refractivity contribution in [3.8, 4) is 5.69 Å². The van der Waals surface area contributed by atoms with Crippen LogP contribution in [0.2, 0.25) is 0 Å². The van der Waals surface area contributed by atoms with Gasteiger partial charge < -0.3 is 10.6 Å². The van der Waals surface area contributed by atoms with Crippen molar-refractivity contribution in [1.29, 1.82) is 0 Å². The molecule has 3 rings (SSSR count). The molecule has 1 atom stereocenters. The molecule has 1 saturated heterocycles. The number of nitrogens with two attached hydrogens (primary N) is 1. The third-order valence-electron chi connectivity index (χ3n) is 4.14. The van der Waals surface area contributed by atoms with E-state index in [1.54, 1.807) is 6.20 Å². The average molecular weight is 297 g/mol. The van der Waals surface area contributed by atoms with Gasteiger partial charge in [0.05, 0.1) is 12.2 Å². The highest BCUT2D eigenvalue weighted by atomic mass is 15.3. The lowest BCUT2D eigenvalue weighted by molar-refractivity contribution is 0.270. The van der Waals surface area contributed by atoms with E-state index in [2.05, 4.69) is 34.0 Å². The molecule has 22 heavy (non-hydrogen) atoms. The Balaban J connectivity index is 1.75. The number of nitrogens with zero attached hydrogens (tertiary/aromatic N) is 4. The summed E-state index contributed by atoms with van der Waals surface area (Å²) in [5.74, 6) is 1.35. The highest BCUT2D eigenvalue weighted by Crippen LogP contribution is 2.17. The second-order valence-corrected chi connectivity index (χ2v) is 5.95. The Bertz CT molecular complexity index is 632. The summed E-state index contributed by atoms with van der Waals surface area (Å²) < 4.78 is 1.87. The smallest absolute Gasteiger partial charge is 0.191 e. The van der Waals surface area contributed by atoms with Crippen LogP contribution in [0, 0.1) is 5.92 Å². The van der Waals surface area contributed by atoms with Gasteiger partial charge in [0.2, 0.25) is 0 Å². The molecule has 0 spiro atoms. The van der Waals surface area contributed by atoms with Crippen LogP contribution in [-0.4, -0.2) is 33.7 Å². The summed E-state index contributed by atoms with van der Waals surface area (Å²) in [5.41, 5.74) is 8.36. The van der Waals surface area contributed by atoms with Crippen LogP contribution in [0.4, 0.5) is 0 Å². The second kappa shape index (κ2) is 6.64. The van der Waals surface area contributed by atoms with E-state index in [0.29, 0.717) is 18.4 Å². The fraction of sp³-hybridized carbons (Fsp3) is 0.412. The molecule has 1 aromatic heterocycles. The molecule has 2 N–H and O–H groups in total. The van der Waals surface area contributed by atoms with Gasteiger partial charge >= 0.3 is 0 Å². The van der Waals surface area contributed by atoms with E-state index in [4.69, 9.17) is 5.73 Å². The molecule has 1 aliphatic rings. The van der Waals surface area contributed by atoms with Crippen LogP contribution in [0.15, 0.2) is 47.7 Å². The quantitative estimate of drug-likeness (QED) is 0.699. The average Bonchev–Trinajstić information content (AvgIpc) is 3.07. The molecule has 1 aliphatic heterocycles. The lowest BCUT2D eigenvalue weighted by atomic mass is 10.0. The maximum Gasteiger partial charge on any atom is 0.191 e. The molecule has 1 unspecified atom stereocenters. The summed E-state index contributed by atoms with van der Waals surface area (Å²) in [6.45, 7) is 4.87. The normalized spacial score (nSPS) is 19.4. The maximum absolute atomic E-state index is 6.18. The number of hydrogen-bond acceptors (Lipinski definition) is 2. The van der Waals surface area contributed by atoms with Gasteiger partial charge in [-0.2, -0.15) is 5.10 Å². The van der Waals surface area contributed by atoms with Crippen molar-refractivity contribution in [3.63, 3.8) is 0 Å². The van der Waals surface area contributed by atoms with Crippen LogP contribution in [0.1, 0.15) is 25.3 Å². The Morgan fingerprint density at radius 2 is 2.23 bits per heavy atom. The van der Waals surface area contributed by atoms with Crippen LogP contribution < -0.4 is 5.73 Å². The Hall–Kier alpha value is -2.30. The van der Waals surface area contributed by atoms with Gasteiger partial charge in [0.1, 0.15) is 0 Å². The zero-order chi connectivity index (χ0) is 15.4. The summed E-state index contributed by atoms with van der Waals surface area (Å²) in [7, 11) is 0. The van der Waals surface area contributed by atoms with Gasteiger partial charge in [0, 0.05) is 25.5 Å². The largest absolute Gasteiger partial charge is 0.370 e. The van der Waals surface area contributed by atoms with E-state index in [0.717, 1.165) is 24.3 Å². The first-order valence-electron chi connectivity index (χ1n) is 7.87. The Kier molecular flexibility index (Phi) is 4.42. The van der Waals surface area contributed by atoms with E-state index in [9.17, 15) is 0 Å². The van der Waals surface area contributed by atoms with Gasteiger partial charge in [-0.05, 0) is 36.5 Å². The number of aromatic nitrogens is 2. The summed E-state index contributed by atoms with van der Waals surface area (Å²) in [6.07, 6.45) is 6.20. The number of guanidine groups is 1. The SMILES string of the molecule is CC1CCCN(C(N)=NCc2ccccc2-n2cccn2)C1. The minimum absolute atomic E-state index is 0.576. The molecule has 5 heteroatoms. The minimum Gasteiger partial charge on any atom is -0.370 e. The third kappa shape index (κ3) is 3.30. The molecule has 5 nitrogen and oxygen atoms in total. The van der Waals surface area contributed by atoms with Crippen LogP contribution in [0.3, 0.4) is 0 Å². The number of hydrogen-bond donors (Lipinski definition) is 1. The van der Waals surface area contributed by atoms with Crippen molar-refractivity contribution < 1.29 is 0 Å². The highest BCUT2D eigenvalue weighted by molar-refractivity contribution is 5.78. The van der Waals surface area contributed by atoms with E-state index >= 15 is 0 Å². The number of benzene rings is 1. The van der Waals surface area contributed by atoms with Gasteiger partial charge in [-0.3, -0.25) is 0 Å². The topological polar surface area (TPSA) is 59.4 Å². The first-order chi connectivity index (χ1) is 10.7. The van der Waals surface area contributed by atoms with Gasteiger partial charge in [0.15, 0.2) is 5.96 Å². The highest BCUT2D eigenvalue weighted by Gasteiger charge is 2.17. The van der Waals surface area contributed by atoms with Gasteiger partial charge in [-0.25, -0.2) is 9.67 Å². The fourth-order valence-corrected chi connectivity index (χ4v) is 2.94. The summed E-state index contributed by atoms with van der Waals surface area (Å²) in [6, 6.07) is 10.1. The lowest BCUT2D eigenvalue weighted by Crippen LogP contribution is -2.43. The van der Waals surface area contributed by atoms with Gasteiger partial charge in [0.25, 0.3) is 0 Å². The second-order valence-electron chi connectivity index (χ2n) is 5.95. The Morgan fingerprint density at radius 1 is 1.36 bits per heavy atom.